The number of Topliss-reactive ketones (excluding diaryl/α,β-unsaturated/α-hetero) is 2. The highest BCUT2D eigenvalue weighted by atomic mass is 16.6. The van der Waals surface area contributed by atoms with E-state index in [9.17, 15) is 33.9 Å². The van der Waals surface area contributed by atoms with E-state index in [1.807, 2.05) is 0 Å². The van der Waals surface area contributed by atoms with Gasteiger partial charge in [-0.1, -0.05) is 33.8 Å². The molecule has 2 heterocycles. The van der Waals surface area contributed by atoms with Gasteiger partial charge in [-0.25, -0.2) is 9.59 Å². The summed E-state index contributed by atoms with van der Waals surface area (Å²) in [5, 5.41) is 12.7. The van der Waals surface area contributed by atoms with Gasteiger partial charge in [-0.15, -0.1) is 0 Å². The molecule has 1 aliphatic heterocycles. The number of esters is 4. The van der Waals surface area contributed by atoms with Gasteiger partial charge in [0, 0.05) is 53.7 Å². The number of fused-ring (bicyclic) bond motifs is 1. The van der Waals surface area contributed by atoms with E-state index in [4.69, 9.17) is 23.4 Å². The lowest BCUT2D eigenvalue weighted by atomic mass is 9.52. The van der Waals surface area contributed by atoms with Gasteiger partial charge in [0.05, 0.1) is 25.6 Å². The van der Waals surface area contributed by atoms with Crippen LogP contribution in [0.1, 0.15) is 79.4 Å². The molecule has 250 valence electrons. The Balaban J connectivity index is 1.96. The predicted octanol–water partition coefficient (Wildman–Crippen LogP) is 3.75. The minimum Gasteiger partial charge on any atom is -0.472 e. The molecule has 8 unspecified atom stereocenters. The van der Waals surface area contributed by atoms with E-state index in [1.165, 1.54) is 32.6 Å². The van der Waals surface area contributed by atoms with Crippen molar-refractivity contribution in [2.24, 2.45) is 28.6 Å². The normalized spacial score (nSPS) is 33.2. The second-order valence-electron chi connectivity index (χ2n) is 13.3. The lowest BCUT2D eigenvalue weighted by Gasteiger charge is -2.56. The molecule has 2 saturated carbocycles. The van der Waals surface area contributed by atoms with Gasteiger partial charge in [-0.05, 0) is 37.8 Å². The molecule has 0 spiro atoms. The fourth-order valence-electron chi connectivity index (χ4n) is 7.53. The molecule has 1 aromatic rings. The number of allylic oxidation sites excluding steroid dienone is 1. The second kappa shape index (κ2) is 12.6. The molecule has 0 aromatic carbocycles. The molecule has 2 fully saturated rings. The van der Waals surface area contributed by atoms with Crippen LogP contribution in [0, 0.1) is 28.6 Å². The lowest BCUT2D eigenvalue weighted by Crippen LogP contribution is -2.68. The molecule has 12 nitrogen and oxygen atoms in total. The molecule has 1 aromatic heterocycles. The molecule has 46 heavy (non-hydrogen) atoms. The first-order chi connectivity index (χ1) is 21.4. The van der Waals surface area contributed by atoms with Crippen LogP contribution in [-0.2, 0) is 47.7 Å². The van der Waals surface area contributed by atoms with Crippen LogP contribution in [0.15, 0.2) is 46.3 Å². The van der Waals surface area contributed by atoms with Crippen LogP contribution in [0.2, 0.25) is 0 Å². The maximum atomic E-state index is 14.5. The molecule has 12 heteroatoms. The van der Waals surface area contributed by atoms with Gasteiger partial charge in [0.2, 0.25) is 0 Å². The van der Waals surface area contributed by atoms with Crippen molar-refractivity contribution in [3.05, 3.63) is 47.5 Å². The smallest absolute Gasteiger partial charge is 0.333 e. The van der Waals surface area contributed by atoms with Crippen molar-refractivity contribution in [3.63, 3.8) is 0 Å². The van der Waals surface area contributed by atoms with Gasteiger partial charge >= 0.3 is 23.9 Å². The Kier molecular flexibility index (Phi) is 9.55. The number of cyclic esters (lactones) is 1. The molecule has 3 aliphatic rings. The Bertz CT molecular complexity index is 1480. The molecule has 0 radical (unpaired) electrons. The van der Waals surface area contributed by atoms with E-state index in [1.54, 1.807) is 40.7 Å². The number of hydrogen-bond donors (Lipinski definition) is 1. The van der Waals surface area contributed by atoms with Gasteiger partial charge in [-0.3, -0.25) is 19.2 Å². The average molecular weight is 643 g/mol. The summed E-state index contributed by atoms with van der Waals surface area (Å²) in [6.07, 6.45) is 0.750. The zero-order valence-corrected chi connectivity index (χ0v) is 27.4. The van der Waals surface area contributed by atoms with Crippen molar-refractivity contribution < 1.29 is 57.2 Å². The Morgan fingerprint density at radius 2 is 1.83 bits per heavy atom. The SMILES string of the molecule is CC=C(C)C(=O)OC1C(C(OC(C)=O)C2(O)C(=O)CCC3(C)C2=CC(=O)OC3c2ccoc2)C(=O)C(C)C(CC(=O)OC)C1(C)C. The molecule has 8 atom stereocenters. The zero-order chi connectivity index (χ0) is 34.4. The molecular weight excluding hydrogens is 600 g/mol. The first-order valence-corrected chi connectivity index (χ1v) is 15.3. The molecule has 0 amide bonds. The lowest BCUT2D eigenvalue weighted by molar-refractivity contribution is -0.207. The van der Waals surface area contributed by atoms with E-state index in [0.717, 1.165) is 13.0 Å². The summed E-state index contributed by atoms with van der Waals surface area (Å²) in [6.45, 7) is 10.9. The summed E-state index contributed by atoms with van der Waals surface area (Å²) >= 11 is 0. The highest BCUT2D eigenvalue weighted by Gasteiger charge is 2.68. The van der Waals surface area contributed by atoms with E-state index < -0.39 is 87.9 Å². The number of carbonyl (C=O) groups is 6. The Labute approximate surface area is 267 Å². The summed E-state index contributed by atoms with van der Waals surface area (Å²) in [4.78, 5) is 80.1. The van der Waals surface area contributed by atoms with Gasteiger partial charge in [0.25, 0.3) is 0 Å². The second-order valence-corrected chi connectivity index (χ2v) is 13.3. The van der Waals surface area contributed by atoms with Crippen molar-refractivity contribution in [2.45, 2.75) is 91.6 Å². The van der Waals surface area contributed by atoms with Crippen LogP contribution in [-0.4, -0.2) is 65.5 Å². The van der Waals surface area contributed by atoms with Crippen LogP contribution in [0.25, 0.3) is 0 Å². The van der Waals surface area contributed by atoms with Crippen LogP contribution >= 0.6 is 0 Å². The predicted molar refractivity (Wildman–Crippen MR) is 159 cm³/mol. The fourth-order valence-corrected chi connectivity index (χ4v) is 7.53. The third-order valence-corrected chi connectivity index (χ3v) is 10.3. The third-order valence-electron chi connectivity index (χ3n) is 10.3. The number of furan rings is 1. The van der Waals surface area contributed by atoms with Crippen molar-refractivity contribution in [1.82, 2.24) is 0 Å². The first-order valence-electron chi connectivity index (χ1n) is 15.3. The van der Waals surface area contributed by atoms with E-state index in [-0.39, 0.29) is 30.4 Å². The fraction of sp³-hybridized carbons (Fsp3) is 0.588. The summed E-state index contributed by atoms with van der Waals surface area (Å²) in [7, 11) is 1.22. The average Bonchev–Trinajstić information content (AvgIpc) is 3.54. The highest BCUT2D eigenvalue weighted by molar-refractivity contribution is 5.99. The number of hydrogen-bond acceptors (Lipinski definition) is 12. The standard InChI is InChI=1S/C34H42O12/c1-9-17(2)31(40)46-29-26(27(39)18(3)21(32(29,5)6)14-24(37)42-8)30(44-19(4)35)34(41)22-15-25(38)45-28(20-11-13-43-16-20)33(22,7)12-10-23(34)36/h9,11,13,15-16,18,21,26,28-30,41H,10,12,14H2,1-8H3. The minimum atomic E-state index is -2.70. The largest absolute Gasteiger partial charge is 0.472 e. The van der Waals surface area contributed by atoms with Gasteiger partial charge in [-0.2, -0.15) is 0 Å². The van der Waals surface area contributed by atoms with E-state index in [0.29, 0.717) is 5.56 Å². The Morgan fingerprint density at radius 1 is 1.15 bits per heavy atom. The summed E-state index contributed by atoms with van der Waals surface area (Å²) in [5.41, 5.74) is -4.45. The van der Waals surface area contributed by atoms with Gasteiger partial charge in [0.15, 0.2) is 17.5 Å². The van der Waals surface area contributed by atoms with E-state index >= 15 is 0 Å². The van der Waals surface area contributed by atoms with E-state index in [2.05, 4.69) is 0 Å². The summed E-state index contributed by atoms with van der Waals surface area (Å²) in [6, 6.07) is 1.60. The third kappa shape index (κ3) is 5.72. The number of ketones is 2. The quantitative estimate of drug-likeness (QED) is 0.248. The van der Waals surface area contributed by atoms with Crippen molar-refractivity contribution in [3.8, 4) is 0 Å². The van der Waals surface area contributed by atoms with Gasteiger partial charge in [0.1, 0.15) is 18.0 Å². The number of carbonyl (C=O) groups excluding carboxylic acids is 6. The molecule has 0 saturated heterocycles. The minimum absolute atomic E-state index is 0.0883. The molecule has 2 aliphatic carbocycles. The topological polar surface area (TPSA) is 173 Å². The van der Waals surface area contributed by atoms with Crippen LogP contribution in [0.3, 0.4) is 0 Å². The number of rotatable bonds is 8. The van der Waals surface area contributed by atoms with Crippen LogP contribution in [0.4, 0.5) is 0 Å². The zero-order valence-electron chi connectivity index (χ0n) is 27.4. The number of methoxy groups -OCH3 is 1. The summed E-state index contributed by atoms with van der Waals surface area (Å²) < 4.78 is 27.6. The van der Waals surface area contributed by atoms with Crippen LogP contribution in [0.5, 0.6) is 0 Å². The Morgan fingerprint density at radius 3 is 2.39 bits per heavy atom. The maximum absolute atomic E-state index is 14.5. The maximum Gasteiger partial charge on any atom is 0.333 e. The molecular formula is C34H42O12. The first kappa shape index (κ1) is 34.8. The summed E-state index contributed by atoms with van der Waals surface area (Å²) in [5.74, 6) is -7.72. The van der Waals surface area contributed by atoms with Gasteiger partial charge < -0.3 is 28.5 Å². The monoisotopic (exact) mass is 642 g/mol. The number of aliphatic hydroxyl groups is 1. The van der Waals surface area contributed by atoms with Crippen molar-refractivity contribution in [1.29, 1.82) is 0 Å². The molecule has 1 N–H and O–H groups in total. The highest BCUT2D eigenvalue weighted by Crippen LogP contribution is 2.59. The van der Waals surface area contributed by atoms with Crippen LogP contribution < -0.4 is 0 Å². The van der Waals surface area contributed by atoms with Crippen molar-refractivity contribution in [2.75, 3.05) is 7.11 Å². The Hall–Kier alpha value is -4.06. The number of ether oxygens (including phenoxy) is 4. The van der Waals surface area contributed by atoms with Crippen molar-refractivity contribution >= 4 is 35.4 Å². The molecule has 0 bridgehead atoms. The molecule has 4 rings (SSSR count).